The molecule has 10 nitrogen and oxygen atoms in total. The summed E-state index contributed by atoms with van der Waals surface area (Å²) in [5.41, 5.74) is 0.807. The number of hydrogen-bond acceptors (Lipinski definition) is 8. The molecule has 29 heavy (non-hydrogen) atoms. The van der Waals surface area contributed by atoms with Crippen molar-refractivity contribution in [2.24, 2.45) is 0 Å². The number of nitro benzene ring substituents is 1. The van der Waals surface area contributed by atoms with E-state index >= 15 is 0 Å². The summed E-state index contributed by atoms with van der Waals surface area (Å²) in [5.74, 6) is -1.08. The second-order valence-corrected chi connectivity index (χ2v) is 5.91. The monoisotopic (exact) mass is 419 g/mol. The summed E-state index contributed by atoms with van der Waals surface area (Å²) in [6.45, 7) is 0. The summed E-state index contributed by atoms with van der Waals surface area (Å²) in [5, 5.41) is 16.7. The Morgan fingerprint density at radius 2 is 1.55 bits per heavy atom. The van der Waals surface area contributed by atoms with E-state index in [2.05, 4.69) is 20.1 Å². The van der Waals surface area contributed by atoms with Gasteiger partial charge in [0.25, 0.3) is 5.69 Å². The third-order valence-corrected chi connectivity index (χ3v) is 3.88. The van der Waals surface area contributed by atoms with Crippen molar-refractivity contribution in [2.75, 3.05) is 32.0 Å². The number of nitro groups is 1. The van der Waals surface area contributed by atoms with Crippen LogP contribution in [0.1, 0.15) is 20.7 Å². The molecule has 0 heterocycles. The lowest BCUT2D eigenvalue weighted by molar-refractivity contribution is -0.384. The van der Waals surface area contributed by atoms with Crippen LogP contribution in [0, 0.1) is 10.1 Å². The van der Waals surface area contributed by atoms with Crippen molar-refractivity contribution in [2.45, 2.75) is 0 Å². The highest BCUT2D eigenvalue weighted by molar-refractivity contribution is 7.80. The fourth-order valence-corrected chi connectivity index (χ4v) is 2.58. The zero-order chi connectivity index (χ0) is 21.6. The van der Waals surface area contributed by atoms with Crippen LogP contribution in [0.25, 0.3) is 0 Å². The first-order valence-corrected chi connectivity index (χ1v) is 8.42. The van der Waals surface area contributed by atoms with Crippen LogP contribution >= 0.6 is 12.2 Å². The van der Waals surface area contributed by atoms with Crippen molar-refractivity contribution in [3.05, 3.63) is 57.6 Å². The lowest BCUT2D eigenvalue weighted by atomic mass is 10.1. The van der Waals surface area contributed by atoms with E-state index in [1.165, 1.54) is 57.7 Å². The first kappa shape index (κ1) is 21.6. The van der Waals surface area contributed by atoms with Crippen molar-refractivity contribution < 1.29 is 28.7 Å². The van der Waals surface area contributed by atoms with Gasteiger partial charge in [0.2, 0.25) is 0 Å². The van der Waals surface area contributed by atoms with Gasteiger partial charge in [0.15, 0.2) is 5.11 Å². The van der Waals surface area contributed by atoms with Crippen LogP contribution in [0.15, 0.2) is 36.4 Å². The Kier molecular flexibility index (Phi) is 7.04. The van der Waals surface area contributed by atoms with Gasteiger partial charge in [-0.1, -0.05) is 0 Å². The Balaban J connectivity index is 2.27. The number of thiocarbonyl (C=S) groups is 1. The van der Waals surface area contributed by atoms with Crippen LogP contribution in [0.2, 0.25) is 0 Å². The average molecular weight is 419 g/mol. The predicted molar refractivity (Wildman–Crippen MR) is 109 cm³/mol. The summed E-state index contributed by atoms with van der Waals surface area (Å²) < 4.78 is 14.5. The molecule has 0 amide bonds. The Morgan fingerprint density at radius 3 is 2.03 bits per heavy atom. The minimum absolute atomic E-state index is 0.0926. The third-order valence-electron chi connectivity index (χ3n) is 3.68. The SMILES string of the molecule is COC(=O)c1cc(NC(=S)Nc2ccc([N+](=O)[O-])cc2OC)cc(C(=O)OC)c1. The van der Waals surface area contributed by atoms with E-state index < -0.39 is 16.9 Å². The molecule has 0 saturated carbocycles. The molecule has 0 saturated heterocycles. The van der Waals surface area contributed by atoms with Crippen LogP contribution < -0.4 is 15.4 Å². The molecule has 2 aromatic rings. The maximum Gasteiger partial charge on any atom is 0.337 e. The standard InChI is InChI=1S/C18H17N3O7S/c1-26-15-9-13(21(24)25)4-5-14(15)20-18(29)19-12-7-10(16(22)27-2)6-11(8-12)17(23)28-3/h4-9H,1-3H3,(H2,19,20,29). The zero-order valence-corrected chi connectivity index (χ0v) is 16.5. The number of anilines is 2. The van der Waals surface area contributed by atoms with E-state index in [-0.39, 0.29) is 27.7 Å². The van der Waals surface area contributed by atoms with Crippen molar-refractivity contribution >= 4 is 46.3 Å². The molecule has 0 unspecified atom stereocenters. The molecule has 2 aromatic carbocycles. The largest absolute Gasteiger partial charge is 0.494 e. The highest BCUT2D eigenvalue weighted by Crippen LogP contribution is 2.29. The highest BCUT2D eigenvalue weighted by atomic mass is 32.1. The molecule has 2 rings (SSSR count). The molecule has 0 aliphatic carbocycles. The maximum absolute atomic E-state index is 11.9. The van der Waals surface area contributed by atoms with Gasteiger partial charge < -0.3 is 24.8 Å². The molecule has 11 heteroatoms. The van der Waals surface area contributed by atoms with Crippen molar-refractivity contribution in [3.63, 3.8) is 0 Å². The summed E-state index contributed by atoms with van der Waals surface area (Å²) in [6.07, 6.45) is 0. The van der Waals surface area contributed by atoms with Crippen molar-refractivity contribution in [3.8, 4) is 5.75 Å². The number of ether oxygens (including phenoxy) is 3. The second kappa shape index (κ2) is 9.46. The zero-order valence-electron chi connectivity index (χ0n) is 15.7. The summed E-state index contributed by atoms with van der Waals surface area (Å²) in [7, 11) is 3.80. The molecule has 152 valence electrons. The molecule has 0 aromatic heterocycles. The molecular weight excluding hydrogens is 402 g/mol. The van der Waals surface area contributed by atoms with Crippen LogP contribution in [-0.4, -0.2) is 43.3 Å². The van der Waals surface area contributed by atoms with Gasteiger partial charge in [-0.25, -0.2) is 9.59 Å². The van der Waals surface area contributed by atoms with Gasteiger partial charge in [0.05, 0.1) is 49.1 Å². The maximum atomic E-state index is 11.9. The highest BCUT2D eigenvalue weighted by Gasteiger charge is 2.16. The predicted octanol–water partition coefficient (Wildman–Crippen LogP) is 2.99. The Bertz CT molecular complexity index is 944. The van der Waals surface area contributed by atoms with Gasteiger partial charge in [-0.3, -0.25) is 10.1 Å². The summed E-state index contributed by atoms with van der Waals surface area (Å²) in [4.78, 5) is 34.0. The molecule has 0 radical (unpaired) electrons. The topological polar surface area (TPSA) is 129 Å². The number of benzene rings is 2. The van der Waals surface area contributed by atoms with Gasteiger partial charge >= 0.3 is 11.9 Å². The Hall–Kier alpha value is -3.73. The van der Waals surface area contributed by atoms with Gasteiger partial charge in [0.1, 0.15) is 5.75 Å². The van der Waals surface area contributed by atoms with Crippen LogP contribution in [0.5, 0.6) is 5.75 Å². The van der Waals surface area contributed by atoms with E-state index in [9.17, 15) is 19.7 Å². The third kappa shape index (κ3) is 5.39. The van der Waals surface area contributed by atoms with Gasteiger partial charge in [0, 0.05) is 11.8 Å². The van der Waals surface area contributed by atoms with Gasteiger partial charge in [-0.15, -0.1) is 0 Å². The number of esters is 2. The van der Waals surface area contributed by atoms with Crippen molar-refractivity contribution in [1.29, 1.82) is 0 Å². The summed E-state index contributed by atoms with van der Waals surface area (Å²) in [6, 6.07) is 8.20. The number of non-ortho nitro benzene ring substituents is 1. The molecule has 2 N–H and O–H groups in total. The smallest absolute Gasteiger partial charge is 0.337 e. The summed E-state index contributed by atoms with van der Waals surface area (Å²) >= 11 is 5.24. The molecular formula is C18H17N3O7S. The van der Waals surface area contributed by atoms with Crippen LogP contribution in [-0.2, 0) is 9.47 Å². The molecule has 0 aliphatic heterocycles. The minimum atomic E-state index is -0.644. The fourth-order valence-electron chi connectivity index (χ4n) is 2.35. The lowest BCUT2D eigenvalue weighted by Crippen LogP contribution is -2.20. The van der Waals surface area contributed by atoms with E-state index in [0.29, 0.717) is 11.4 Å². The Morgan fingerprint density at radius 1 is 0.966 bits per heavy atom. The number of nitrogens with one attached hydrogen (secondary N) is 2. The van der Waals surface area contributed by atoms with Crippen LogP contribution in [0.3, 0.4) is 0 Å². The molecule has 0 spiro atoms. The van der Waals surface area contributed by atoms with Gasteiger partial charge in [-0.05, 0) is 36.5 Å². The Labute approximate surface area is 170 Å². The lowest BCUT2D eigenvalue weighted by Gasteiger charge is -2.14. The van der Waals surface area contributed by atoms with E-state index in [0.717, 1.165) is 0 Å². The normalized spacial score (nSPS) is 9.90. The van der Waals surface area contributed by atoms with Crippen LogP contribution in [0.4, 0.5) is 17.1 Å². The van der Waals surface area contributed by atoms with Gasteiger partial charge in [-0.2, -0.15) is 0 Å². The van der Waals surface area contributed by atoms with E-state index in [1.54, 1.807) is 0 Å². The van der Waals surface area contributed by atoms with E-state index in [4.69, 9.17) is 17.0 Å². The van der Waals surface area contributed by atoms with Crippen molar-refractivity contribution in [1.82, 2.24) is 0 Å². The number of carbonyl (C=O) groups excluding carboxylic acids is 2. The number of methoxy groups -OCH3 is 3. The number of hydrogen-bond donors (Lipinski definition) is 2. The molecule has 0 atom stereocenters. The molecule has 0 bridgehead atoms. The minimum Gasteiger partial charge on any atom is -0.494 e. The number of nitrogens with zero attached hydrogens (tertiary/aromatic N) is 1. The average Bonchev–Trinajstić information content (AvgIpc) is 2.72. The fraction of sp³-hybridized carbons (Fsp3) is 0.167. The number of rotatable bonds is 6. The molecule has 0 fully saturated rings. The molecule has 0 aliphatic rings. The first-order chi connectivity index (χ1) is 13.8. The first-order valence-electron chi connectivity index (χ1n) is 8.01. The number of carbonyl (C=O) groups is 2. The second-order valence-electron chi connectivity index (χ2n) is 5.50. The van der Waals surface area contributed by atoms with E-state index in [1.807, 2.05) is 0 Å². The quantitative estimate of drug-likeness (QED) is 0.312.